The van der Waals surface area contributed by atoms with Crippen LogP contribution in [0.4, 0.5) is 13.2 Å². The quantitative estimate of drug-likeness (QED) is 0.258. The van der Waals surface area contributed by atoms with Crippen LogP contribution in [0, 0.1) is 0 Å². The molecule has 0 N–H and O–H groups in total. The lowest BCUT2D eigenvalue weighted by Crippen LogP contribution is -2.05. The van der Waals surface area contributed by atoms with Crippen molar-refractivity contribution >= 4 is 21.7 Å². The summed E-state index contributed by atoms with van der Waals surface area (Å²) in [5.74, 6) is 0. The summed E-state index contributed by atoms with van der Waals surface area (Å²) in [7, 11) is 0. The van der Waals surface area contributed by atoms with Gasteiger partial charge in [0.25, 0.3) is 0 Å². The fraction of sp³-hybridized carbons (Fsp3) is 0.172. The van der Waals surface area contributed by atoms with E-state index in [1.807, 2.05) is 18.2 Å². The number of nitrogens with zero attached hydrogens (tertiary/aromatic N) is 1. The Kier molecular flexibility index (Phi) is 4.41. The lowest BCUT2D eigenvalue weighted by molar-refractivity contribution is -0.137. The van der Waals surface area contributed by atoms with Crippen LogP contribution in [0.15, 0.2) is 78.9 Å². The van der Waals surface area contributed by atoms with Gasteiger partial charge in [-0.05, 0) is 52.1 Å². The van der Waals surface area contributed by atoms with Crippen molar-refractivity contribution in [2.75, 3.05) is 0 Å². The number of fused-ring (bicyclic) bond motifs is 7. The molecule has 0 aliphatic heterocycles. The maximum atomic E-state index is 13.7. The van der Waals surface area contributed by atoms with Gasteiger partial charge in [0.2, 0.25) is 0 Å². The number of benzene rings is 4. The second kappa shape index (κ2) is 7.24. The van der Waals surface area contributed by atoms with Gasteiger partial charge in [-0.3, -0.25) is 0 Å². The molecular weight excluding hydrogens is 419 g/mol. The van der Waals surface area contributed by atoms with Gasteiger partial charge in [-0.2, -0.15) is 13.2 Å². The van der Waals surface area contributed by atoms with Gasteiger partial charge < -0.3 is 4.57 Å². The molecule has 33 heavy (non-hydrogen) atoms. The fourth-order valence-electron chi connectivity index (χ4n) is 5.33. The van der Waals surface area contributed by atoms with Crippen LogP contribution in [0.5, 0.6) is 0 Å². The molecule has 164 valence electrons. The highest BCUT2D eigenvalue weighted by Crippen LogP contribution is 2.51. The SMILES string of the molecule is CCCCn1c2c(c3cc(C(F)(F)F)ccc31)-c1cccc3cccc(c13)-c1ccccc1-2. The molecule has 1 aromatic heterocycles. The van der Waals surface area contributed by atoms with Crippen LogP contribution in [0.3, 0.4) is 0 Å². The first kappa shape index (κ1) is 20.1. The van der Waals surface area contributed by atoms with Crippen LogP contribution < -0.4 is 0 Å². The zero-order valence-electron chi connectivity index (χ0n) is 18.2. The predicted octanol–water partition coefficient (Wildman–Crippen LogP) is 8.93. The van der Waals surface area contributed by atoms with Crippen LogP contribution in [-0.2, 0) is 12.7 Å². The summed E-state index contributed by atoms with van der Waals surface area (Å²) in [5.41, 5.74) is 6.46. The molecule has 0 amide bonds. The Labute approximate surface area is 190 Å². The first-order valence-corrected chi connectivity index (χ1v) is 11.3. The third-order valence-electron chi connectivity index (χ3n) is 6.77. The molecule has 1 aliphatic rings. The van der Waals surface area contributed by atoms with Crippen molar-refractivity contribution < 1.29 is 13.2 Å². The second-order valence-electron chi connectivity index (χ2n) is 8.71. The van der Waals surface area contributed by atoms with Crippen LogP contribution in [0.2, 0.25) is 0 Å². The molecule has 6 rings (SSSR count). The van der Waals surface area contributed by atoms with E-state index in [2.05, 4.69) is 54.0 Å². The van der Waals surface area contributed by atoms with Crippen molar-refractivity contribution in [3.8, 4) is 33.5 Å². The maximum absolute atomic E-state index is 13.7. The first-order chi connectivity index (χ1) is 16.0. The Morgan fingerprint density at radius 2 is 1.45 bits per heavy atom. The third kappa shape index (κ3) is 2.93. The Bertz CT molecular complexity index is 1530. The summed E-state index contributed by atoms with van der Waals surface area (Å²) < 4.78 is 43.4. The molecule has 1 heterocycles. The molecule has 1 nitrogen and oxygen atoms in total. The van der Waals surface area contributed by atoms with Crippen molar-refractivity contribution in [3.63, 3.8) is 0 Å². The molecule has 0 bridgehead atoms. The largest absolute Gasteiger partial charge is 0.416 e. The van der Waals surface area contributed by atoms with E-state index in [-0.39, 0.29) is 0 Å². The van der Waals surface area contributed by atoms with E-state index in [4.69, 9.17) is 0 Å². The van der Waals surface area contributed by atoms with Crippen molar-refractivity contribution in [3.05, 3.63) is 84.4 Å². The highest BCUT2D eigenvalue weighted by atomic mass is 19.4. The van der Waals surface area contributed by atoms with Crippen molar-refractivity contribution in [2.24, 2.45) is 0 Å². The van der Waals surface area contributed by atoms with Crippen molar-refractivity contribution in [1.82, 2.24) is 4.57 Å². The van der Waals surface area contributed by atoms with E-state index >= 15 is 0 Å². The molecule has 4 aromatic carbocycles. The molecule has 0 unspecified atom stereocenters. The molecule has 0 fully saturated rings. The average Bonchev–Trinajstić information content (AvgIpc) is 3.08. The monoisotopic (exact) mass is 441 g/mol. The second-order valence-corrected chi connectivity index (χ2v) is 8.71. The Morgan fingerprint density at radius 3 is 2.18 bits per heavy atom. The molecular formula is C29H22F3N. The minimum absolute atomic E-state index is 0.608. The lowest BCUT2D eigenvalue weighted by atomic mass is 9.93. The molecule has 1 aliphatic carbocycles. The molecule has 5 aromatic rings. The summed E-state index contributed by atoms with van der Waals surface area (Å²) in [4.78, 5) is 0. The Balaban J connectivity index is 1.85. The van der Waals surface area contributed by atoms with Gasteiger partial charge in [-0.15, -0.1) is 0 Å². The summed E-state index contributed by atoms with van der Waals surface area (Å²) in [6, 6.07) is 24.9. The van der Waals surface area contributed by atoms with Gasteiger partial charge in [-0.1, -0.05) is 74.0 Å². The van der Waals surface area contributed by atoms with Crippen molar-refractivity contribution in [1.29, 1.82) is 0 Å². The average molecular weight is 441 g/mol. The molecule has 0 atom stereocenters. The lowest BCUT2D eigenvalue weighted by Gasteiger charge is -2.14. The van der Waals surface area contributed by atoms with Gasteiger partial charge in [-0.25, -0.2) is 0 Å². The molecule has 0 saturated heterocycles. The van der Waals surface area contributed by atoms with Gasteiger partial charge in [0.05, 0.1) is 11.3 Å². The Morgan fingerprint density at radius 1 is 0.758 bits per heavy atom. The third-order valence-corrected chi connectivity index (χ3v) is 6.77. The van der Waals surface area contributed by atoms with Crippen LogP contribution in [0.25, 0.3) is 55.2 Å². The van der Waals surface area contributed by atoms with E-state index in [0.717, 1.165) is 69.2 Å². The number of aromatic nitrogens is 1. The molecule has 0 spiro atoms. The summed E-state index contributed by atoms with van der Waals surface area (Å²) in [5, 5.41) is 2.85. The summed E-state index contributed by atoms with van der Waals surface area (Å²) in [6.07, 6.45) is -2.43. The smallest absolute Gasteiger partial charge is 0.340 e. The van der Waals surface area contributed by atoms with Crippen LogP contribution in [-0.4, -0.2) is 4.57 Å². The number of rotatable bonds is 3. The highest BCUT2D eigenvalue weighted by molar-refractivity contribution is 6.18. The zero-order valence-corrected chi connectivity index (χ0v) is 18.2. The standard InChI is InChI=1S/C29H22F3N/c1-2-3-16-33-25-15-14-19(29(30,31)32)17-24(25)27-23-13-7-9-18-8-6-12-21(26(18)23)20-10-4-5-11-22(20)28(27)33/h4-15,17H,2-3,16H2,1H3. The van der Waals surface area contributed by atoms with Crippen molar-refractivity contribution in [2.45, 2.75) is 32.5 Å². The minimum atomic E-state index is -4.39. The number of aryl methyl sites for hydroxylation is 1. The molecule has 0 radical (unpaired) electrons. The van der Waals surface area contributed by atoms with Gasteiger partial charge >= 0.3 is 6.18 Å². The topological polar surface area (TPSA) is 4.93 Å². The van der Waals surface area contributed by atoms with Gasteiger partial charge in [0, 0.05) is 28.6 Å². The van der Waals surface area contributed by atoms with E-state index in [1.165, 1.54) is 12.1 Å². The highest BCUT2D eigenvalue weighted by Gasteiger charge is 2.33. The normalized spacial score (nSPS) is 12.6. The first-order valence-electron chi connectivity index (χ1n) is 11.3. The molecule has 4 heteroatoms. The van der Waals surface area contributed by atoms with E-state index < -0.39 is 11.7 Å². The number of hydrogen-bond donors (Lipinski definition) is 0. The summed E-state index contributed by atoms with van der Waals surface area (Å²) in [6.45, 7) is 2.89. The predicted molar refractivity (Wildman–Crippen MR) is 129 cm³/mol. The number of hydrogen-bond acceptors (Lipinski definition) is 0. The summed E-state index contributed by atoms with van der Waals surface area (Å²) >= 11 is 0. The molecule has 0 saturated carbocycles. The number of halogens is 3. The van der Waals surface area contributed by atoms with E-state index in [9.17, 15) is 13.2 Å². The fourth-order valence-corrected chi connectivity index (χ4v) is 5.33. The van der Waals surface area contributed by atoms with Gasteiger partial charge in [0.1, 0.15) is 0 Å². The Hall–Kier alpha value is -3.53. The zero-order chi connectivity index (χ0) is 22.7. The minimum Gasteiger partial charge on any atom is -0.340 e. The number of unbranched alkanes of at least 4 members (excludes halogenated alkanes) is 1. The van der Waals surface area contributed by atoms with Crippen LogP contribution >= 0.6 is 0 Å². The van der Waals surface area contributed by atoms with E-state index in [1.54, 1.807) is 6.07 Å². The van der Waals surface area contributed by atoms with E-state index in [0.29, 0.717) is 5.39 Å². The van der Waals surface area contributed by atoms with Crippen LogP contribution in [0.1, 0.15) is 25.3 Å². The number of alkyl halides is 3. The van der Waals surface area contributed by atoms with Gasteiger partial charge in [0.15, 0.2) is 0 Å². The maximum Gasteiger partial charge on any atom is 0.416 e.